The summed E-state index contributed by atoms with van der Waals surface area (Å²) in [7, 11) is 0. The number of anilines is 1. The highest BCUT2D eigenvalue weighted by Crippen LogP contribution is 2.32. The van der Waals surface area contributed by atoms with E-state index in [-0.39, 0.29) is 12.3 Å². The Hall–Kier alpha value is -3.11. The Bertz CT molecular complexity index is 1260. The Labute approximate surface area is 195 Å². The van der Waals surface area contributed by atoms with Crippen LogP contribution in [0.4, 0.5) is 5.82 Å². The van der Waals surface area contributed by atoms with Gasteiger partial charge in [0.2, 0.25) is 0 Å². The third-order valence-electron chi connectivity index (χ3n) is 6.12. The van der Waals surface area contributed by atoms with Gasteiger partial charge >= 0.3 is 0 Å². The summed E-state index contributed by atoms with van der Waals surface area (Å²) in [6, 6.07) is 10.1. The topological polar surface area (TPSA) is 89.3 Å². The van der Waals surface area contributed by atoms with Gasteiger partial charge in [0, 0.05) is 43.4 Å². The molecule has 0 saturated carbocycles. The van der Waals surface area contributed by atoms with E-state index < -0.39 is 0 Å². The Morgan fingerprint density at radius 1 is 1.27 bits per heavy atom. The summed E-state index contributed by atoms with van der Waals surface area (Å²) in [5.74, 6) is 0.996. The number of fused-ring (bicyclic) bond motifs is 2. The van der Waals surface area contributed by atoms with Crippen LogP contribution in [0.1, 0.15) is 31.6 Å². The van der Waals surface area contributed by atoms with E-state index in [1.54, 1.807) is 17.7 Å². The molecule has 0 spiro atoms. The molecule has 1 aliphatic rings. The lowest BCUT2D eigenvalue weighted by molar-refractivity contribution is -0.112. The molecule has 0 amide bonds. The minimum Gasteiger partial charge on any atom is -0.375 e. The fraction of sp³-hybridized carbons (Fsp3) is 0.435. The minimum absolute atomic E-state index is 0.219. The zero-order valence-electron chi connectivity index (χ0n) is 18.8. The molecule has 1 unspecified atom stereocenters. The highest BCUT2D eigenvalue weighted by atomic mass is 32.1. The smallest absolute Gasteiger partial charge is 0.181 e. The third kappa shape index (κ3) is 4.28. The maximum atomic E-state index is 11.1. The molecule has 2 atom stereocenters. The van der Waals surface area contributed by atoms with Crippen molar-refractivity contribution in [2.75, 3.05) is 24.5 Å². The molecular weight excluding hydrogens is 438 g/mol. The summed E-state index contributed by atoms with van der Waals surface area (Å²) < 4.78 is 0. The molecule has 1 aromatic carbocycles. The number of thiophene rings is 1. The van der Waals surface area contributed by atoms with E-state index in [0.717, 1.165) is 59.4 Å². The van der Waals surface area contributed by atoms with Crippen molar-refractivity contribution in [3.8, 4) is 0 Å². The van der Waals surface area contributed by atoms with Crippen LogP contribution >= 0.6 is 11.3 Å². The number of carbonyl (C=O) groups excluding carboxylic acids is 1. The van der Waals surface area contributed by atoms with Gasteiger partial charge < -0.3 is 14.5 Å². The van der Waals surface area contributed by atoms with Crippen LogP contribution in [0.2, 0.25) is 0 Å². The molecule has 172 valence electrons. The van der Waals surface area contributed by atoms with Gasteiger partial charge in [-0.15, -0.1) is 16.4 Å². The summed E-state index contributed by atoms with van der Waals surface area (Å²) in [5, 5.41) is 9.47. The molecule has 5 rings (SSSR count). The molecule has 1 aliphatic heterocycles. The van der Waals surface area contributed by atoms with E-state index in [4.69, 9.17) is 4.84 Å². The molecule has 9 nitrogen and oxygen atoms in total. The summed E-state index contributed by atoms with van der Waals surface area (Å²) in [4.78, 5) is 35.0. The standard InChI is InChI=1S/C23H27N7O2S/c1-3-17-13-18-22(24-15-25-23(18)33-17)29-11-10-28(14-16(29)2)21(9-6-12-31)32-30-20-8-5-4-7-19(20)26-27-30/h4-5,7-8,12-13,15-16,21H,3,6,9-11,14H2,1-2H3/t16-,21?/m0/s1. The number of nitrogens with zero attached hydrogens (tertiary/aromatic N) is 7. The van der Waals surface area contributed by atoms with E-state index in [2.05, 4.69) is 50.0 Å². The van der Waals surface area contributed by atoms with Crippen LogP contribution < -0.4 is 9.74 Å². The van der Waals surface area contributed by atoms with E-state index in [0.29, 0.717) is 12.8 Å². The Morgan fingerprint density at radius 2 is 2.15 bits per heavy atom. The molecule has 0 radical (unpaired) electrons. The van der Waals surface area contributed by atoms with Crippen molar-refractivity contribution in [3.63, 3.8) is 0 Å². The normalized spacial score (nSPS) is 18.1. The van der Waals surface area contributed by atoms with E-state index in [9.17, 15) is 4.79 Å². The maximum Gasteiger partial charge on any atom is 0.181 e. The van der Waals surface area contributed by atoms with Crippen LogP contribution in [0, 0.1) is 0 Å². The van der Waals surface area contributed by atoms with Crippen LogP contribution in [0.25, 0.3) is 21.3 Å². The number of aryl methyl sites for hydroxylation is 1. The predicted octanol–water partition coefficient (Wildman–Crippen LogP) is 2.94. The van der Waals surface area contributed by atoms with Gasteiger partial charge in [-0.05, 0) is 36.8 Å². The van der Waals surface area contributed by atoms with Gasteiger partial charge in [-0.25, -0.2) is 9.97 Å². The second-order valence-corrected chi connectivity index (χ2v) is 9.39. The second-order valence-electron chi connectivity index (χ2n) is 8.27. The number of hydrogen-bond acceptors (Lipinski definition) is 9. The Balaban J connectivity index is 1.35. The zero-order valence-corrected chi connectivity index (χ0v) is 19.6. The molecule has 33 heavy (non-hydrogen) atoms. The SMILES string of the molecule is CCc1cc2c(N3CCN(C(CCC=O)On4nnc5ccccc54)C[C@@H]3C)ncnc2s1. The molecule has 10 heteroatoms. The van der Waals surface area contributed by atoms with Crippen molar-refractivity contribution in [3.05, 3.63) is 41.5 Å². The van der Waals surface area contributed by atoms with Crippen LogP contribution in [-0.2, 0) is 11.2 Å². The lowest BCUT2D eigenvalue weighted by Crippen LogP contribution is -2.57. The van der Waals surface area contributed by atoms with Crippen LogP contribution in [0.15, 0.2) is 36.7 Å². The van der Waals surface area contributed by atoms with Gasteiger partial charge in [-0.1, -0.05) is 23.9 Å². The fourth-order valence-corrected chi connectivity index (χ4v) is 5.34. The molecule has 1 fully saturated rings. The first kappa shape index (κ1) is 21.7. The third-order valence-corrected chi connectivity index (χ3v) is 7.31. The van der Waals surface area contributed by atoms with E-state index >= 15 is 0 Å². The number of rotatable bonds is 8. The highest BCUT2D eigenvalue weighted by molar-refractivity contribution is 7.18. The van der Waals surface area contributed by atoms with E-state index in [1.165, 1.54) is 9.72 Å². The number of piperazine rings is 1. The summed E-state index contributed by atoms with van der Waals surface area (Å²) in [6.45, 7) is 6.75. The summed E-state index contributed by atoms with van der Waals surface area (Å²) >= 11 is 1.74. The minimum atomic E-state index is -0.275. The van der Waals surface area contributed by atoms with E-state index in [1.807, 2.05) is 24.3 Å². The van der Waals surface area contributed by atoms with Crippen LogP contribution in [0.3, 0.4) is 0 Å². The van der Waals surface area contributed by atoms with Gasteiger partial charge in [0.25, 0.3) is 0 Å². The monoisotopic (exact) mass is 465 g/mol. The van der Waals surface area contributed by atoms with Crippen molar-refractivity contribution < 1.29 is 9.63 Å². The lowest BCUT2D eigenvalue weighted by Gasteiger charge is -2.43. The molecule has 0 N–H and O–H groups in total. The fourth-order valence-electron chi connectivity index (χ4n) is 4.41. The number of para-hydroxylation sites is 1. The zero-order chi connectivity index (χ0) is 22.8. The average Bonchev–Trinajstić information content (AvgIpc) is 3.45. The van der Waals surface area contributed by atoms with Crippen molar-refractivity contribution in [1.82, 2.24) is 30.0 Å². The number of aromatic nitrogens is 5. The van der Waals surface area contributed by atoms with Gasteiger partial charge in [0.1, 0.15) is 34.3 Å². The van der Waals surface area contributed by atoms with Crippen molar-refractivity contribution >= 4 is 44.7 Å². The summed E-state index contributed by atoms with van der Waals surface area (Å²) in [5.41, 5.74) is 1.59. The summed E-state index contributed by atoms with van der Waals surface area (Å²) in [6.07, 6.45) is 4.34. The molecule has 4 aromatic rings. The number of carbonyl (C=O) groups is 1. The number of aldehydes is 1. The maximum absolute atomic E-state index is 11.1. The second kappa shape index (κ2) is 9.40. The number of benzene rings is 1. The van der Waals surface area contributed by atoms with Gasteiger partial charge in [-0.2, -0.15) is 0 Å². The first-order valence-electron chi connectivity index (χ1n) is 11.3. The van der Waals surface area contributed by atoms with Crippen LogP contribution in [0.5, 0.6) is 0 Å². The Morgan fingerprint density at radius 3 is 2.97 bits per heavy atom. The Kier molecular flexibility index (Phi) is 6.19. The molecule has 1 saturated heterocycles. The molecule has 0 bridgehead atoms. The first-order chi connectivity index (χ1) is 16.2. The van der Waals surface area contributed by atoms with Crippen molar-refractivity contribution in [1.29, 1.82) is 0 Å². The van der Waals surface area contributed by atoms with Crippen molar-refractivity contribution in [2.45, 2.75) is 45.4 Å². The largest absolute Gasteiger partial charge is 0.375 e. The highest BCUT2D eigenvalue weighted by Gasteiger charge is 2.32. The molecule has 4 heterocycles. The molecule has 0 aliphatic carbocycles. The van der Waals surface area contributed by atoms with Crippen LogP contribution in [-0.4, -0.2) is 68.2 Å². The molecule has 3 aromatic heterocycles. The van der Waals surface area contributed by atoms with Gasteiger partial charge in [0.15, 0.2) is 6.23 Å². The van der Waals surface area contributed by atoms with Gasteiger partial charge in [-0.3, -0.25) is 4.90 Å². The average molecular weight is 466 g/mol. The number of hydrogen-bond donors (Lipinski definition) is 0. The van der Waals surface area contributed by atoms with Crippen molar-refractivity contribution in [2.24, 2.45) is 0 Å². The first-order valence-corrected chi connectivity index (χ1v) is 12.1. The quantitative estimate of drug-likeness (QED) is 0.367. The van der Waals surface area contributed by atoms with Gasteiger partial charge in [0.05, 0.1) is 5.39 Å². The lowest BCUT2D eigenvalue weighted by atomic mass is 10.1. The molecular formula is C23H27N7O2S. The predicted molar refractivity (Wildman–Crippen MR) is 128 cm³/mol.